The van der Waals surface area contributed by atoms with Crippen molar-refractivity contribution in [1.29, 1.82) is 0 Å². The number of hydrogen-bond donors (Lipinski definition) is 1. The van der Waals surface area contributed by atoms with E-state index >= 15 is 0 Å². The average molecular weight is 347 g/mol. The Kier molecular flexibility index (Phi) is 10.0. The first-order valence-electron chi connectivity index (χ1n) is 10.7. The molecule has 0 heterocycles. The molecule has 2 nitrogen and oxygen atoms in total. The molecular weight excluding hydrogens is 308 g/mol. The fraction of sp³-hybridized carbons (Fsp3) is 0.739. The summed E-state index contributed by atoms with van der Waals surface area (Å²) in [5.74, 6) is 2.74. The van der Waals surface area contributed by atoms with E-state index in [1.54, 1.807) is 0 Å². The minimum Gasteiger partial charge on any atom is -0.494 e. The highest BCUT2D eigenvalue weighted by molar-refractivity contribution is 5.29. The summed E-state index contributed by atoms with van der Waals surface area (Å²) in [6.07, 6.45) is 15.4. The Balaban J connectivity index is 1.65. The standard InChI is InChI=1S/C23H38O2/c1-2-3-6-9-20-10-12-21(13-11-20)22-14-16-23(17-15-22)25-19-8-5-4-7-18-24/h14-17,20-21,24H,2-13,18-19H2,1H3. The first kappa shape index (κ1) is 20.3. The molecule has 1 aliphatic rings. The first-order valence-corrected chi connectivity index (χ1v) is 10.7. The zero-order valence-electron chi connectivity index (χ0n) is 16.2. The summed E-state index contributed by atoms with van der Waals surface area (Å²) in [5.41, 5.74) is 1.50. The van der Waals surface area contributed by atoms with Crippen LogP contribution in [0, 0.1) is 5.92 Å². The topological polar surface area (TPSA) is 29.5 Å². The molecule has 1 aromatic carbocycles. The summed E-state index contributed by atoms with van der Waals surface area (Å²) in [5, 5.41) is 8.77. The highest BCUT2D eigenvalue weighted by Crippen LogP contribution is 2.38. The lowest BCUT2D eigenvalue weighted by Crippen LogP contribution is -2.13. The van der Waals surface area contributed by atoms with Gasteiger partial charge in [-0.05, 0) is 74.5 Å². The number of aliphatic hydroxyl groups is 1. The van der Waals surface area contributed by atoms with Crippen molar-refractivity contribution in [2.24, 2.45) is 5.92 Å². The molecule has 0 saturated heterocycles. The van der Waals surface area contributed by atoms with Crippen molar-refractivity contribution < 1.29 is 9.84 Å². The normalized spacial score (nSPS) is 20.6. The Morgan fingerprint density at radius 2 is 1.60 bits per heavy atom. The van der Waals surface area contributed by atoms with Crippen LogP contribution in [0.5, 0.6) is 5.75 Å². The van der Waals surface area contributed by atoms with E-state index in [2.05, 4.69) is 31.2 Å². The Morgan fingerprint density at radius 3 is 2.28 bits per heavy atom. The predicted octanol–water partition coefficient (Wildman–Crippen LogP) is 6.47. The fourth-order valence-electron chi connectivity index (χ4n) is 4.06. The van der Waals surface area contributed by atoms with E-state index in [9.17, 15) is 0 Å². The Bertz CT molecular complexity index is 432. The summed E-state index contributed by atoms with van der Waals surface area (Å²) >= 11 is 0. The maximum absolute atomic E-state index is 8.77. The second kappa shape index (κ2) is 12.4. The maximum Gasteiger partial charge on any atom is 0.119 e. The van der Waals surface area contributed by atoms with Gasteiger partial charge in [-0.2, -0.15) is 0 Å². The molecule has 0 atom stereocenters. The summed E-state index contributed by atoms with van der Waals surface area (Å²) in [6.45, 7) is 3.39. The molecule has 0 aromatic heterocycles. The molecule has 142 valence electrons. The van der Waals surface area contributed by atoms with Crippen LogP contribution in [0.25, 0.3) is 0 Å². The molecule has 2 heteroatoms. The summed E-state index contributed by atoms with van der Waals surface area (Å²) in [4.78, 5) is 0. The number of aliphatic hydroxyl groups excluding tert-OH is 1. The van der Waals surface area contributed by atoms with Gasteiger partial charge in [0.15, 0.2) is 0 Å². The number of hydrogen-bond acceptors (Lipinski definition) is 2. The van der Waals surface area contributed by atoms with E-state index in [0.717, 1.165) is 49.9 Å². The molecule has 1 aromatic rings. The van der Waals surface area contributed by atoms with E-state index in [4.69, 9.17) is 9.84 Å². The van der Waals surface area contributed by atoms with Gasteiger partial charge in [-0.1, -0.05) is 51.2 Å². The SMILES string of the molecule is CCCCCC1CCC(c2ccc(OCCCCCCO)cc2)CC1. The van der Waals surface area contributed by atoms with Crippen molar-refractivity contribution in [2.75, 3.05) is 13.2 Å². The minimum absolute atomic E-state index is 0.309. The van der Waals surface area contributed by atoms with E-state index in [1.807, 2.05) is 0 Å². The second-order valence-corrected chi connectivity index (χ2v) is 7.77. The largest absolute Gasteiger partial charge is 0.494 e. The lowest BCUT2D eigenvalue weighted by Gasteiger charge is -2.29. The smallest absolute Gasteiger partial charge is 0.119 e. The molecule has 1 N–H and O–H groups in total. The van der Waals surface area contributed by atoms with Crippen LogP contribution in [0.4, 0.5) is 0 Å². The van der Waals surface area contributed by atoms with Gasteiger partial charge in [0.2, 0.25) is 0 Å². The van der Waals surface area contributed by atoms with Gasteiger partial charge in [0.05, 0.1) is 6.61 Å². The van der Waals surface area contributed by atoms with Crippen LogP contribution in [0.2, 0.25) is 0 Å². The van der Waals surface area contributed by atoms with Crippen molar-refractivity contribution in [3.8, 4) is 5.75 Å². The van der Waals surface area contributed by atoms with Crippen LogP contribution in [0.15, 0.2) is 24.3 Å². The maximum atomic E-state index is 8.77. The molecule has 0 spiro atoms. The van der Waals surface area contributed by atoms with Crippen LogP contribution in [-0.2, 0) is 0 Å². The van der Waals surface area contributed by atoms with Crippen LogP contribution in [0.1, 0.15) is 95.5 Å². The van der Waals surface area contributed by atoms with Gasteiger partial charge < -0.3 is 9.84 Å². The molecule has 1 aliphatic carbocycles. The van der Waals surface area contributed by atoms with Crippen molar-refractivity contribution in [1.82, 2.24) is 0 Å². The Morgan fingerprint density at radius 1 is 0.880 bits per heavy atom. The number of benzene rings is 1. The van der Waals surface area contributed by atoms with Gasteiger partial charge in [-0.25, -0.2) is 0 Å². The quantitative estimate of drug-likeness (QED) is 0.439. The Labute approximate surface area is 155 Å². The third-order valence-corrected chi connectivity index (χ3v) is 5.74. The predicted molar refractivity (Wildman–Crippen MR) is 106 cm³/mol. The third-order valence-electron chi connectivity index (χ3n) is 5.74. The molecule has 0 unspecified atom stereocenters. The van der Waals surface area contributed by atoms with E-state index in [-0.39, 0.29) is 0 Å². The number of rotatable bonds is 12. The molecular formula is C23H38O2. The van der Waals surface area contributed by atoms with Crippen molar-refractivity contribution in [2.45, 2.75) is 89.9 Å². The van der Waals surface area contributed by atoms with Gasteiger partial charge >= 0.3 is 0 Å². The lowest BCUT2D eigenvalue weighted by molar-refractivity contribution is 0.273. The molecule has 1 saturated carbocycles. The fourth-order valence-corrected chi connectivity index (χ4v) is 4.06. The van der Waals surface area contributed by atoms with Crippen LogP contribution in [0.3, 0.4) is 0 Å². The molecule has 0 radical (unpaired) electrons. The van der Waals surface area contributed by atoms with Gasteiger partial charge in [-0.15, -0.1) is 0 Å². The molecule has 0 aliphatic heterocycles. The molecule has 2 rings (SSSR count). The monoisotopic (exact) mass is 346 g/mol. The second-order valence-electron chi connectivity index (χ2n) is 7.77. The third kappa shape index (κ3) is 7.81. The van der Waals surface area contributed by atoms with Gasteiger partial charge in [-0.3, -0.25) is 0 Å². The number of ether oxygens (including phenoxy) is 1. The van der Waals surface area contributed by atoms with E-state index < -0.39 is 0 Å². The molecule has 1 fully saturated rings. The van der Waals surface area contributed by atoms with Gasteiger partial charge in [0.25, 0.3) is 0 Å². The van der Waals surface area contributed by atoms with E-state index in [1.165, 1.54) is 56.9 Å². The van der Waals surface area contributed by atoms with Crippen LogP contribution in [-0.4, -0.2) is 18.3 Å². The average Bonchev–Trinajstić information content (AvgIpc) is 2.66. The highest BCUT2D eigenvalue weighted by atomic mass is 16.5. The zero-order valence-corrected chi connectivity index (χ0v) is 16.2. The highest BCUT2D eigenvalue weighted by Gasteiger charge is 2.21. The van der Waals surface area contributed by atoms with Gasteiger partial charge in [0, 0.05) is 6.61 Å². The van der Waals surface area contributed by atoms with Crippen molar-refractivity contribution in [3.63, 3.8) is 0 Å². The molecule has 25 heavy (non-hydrogen) atoms. The zero-order chi connectivity index (χ0) is 17.7. The Hall–Kier alpha value is -1.02. The summed E-state index contributed by atoms with van der Waals surface area (Å²) in [6, 6.07) is 8.86. The van der Waals surface area contributed by atoms with Crippen LogP contribution < -0.4 is 4.74 Å². The van der Waals surface area contributed by atoms with E-state index in [0.29, 0.717) is 6.61 Å². The minimum atomic E-state index is 0.309. The first-order chi connectivity index (χ1) is 12.3. The van der Waals surface area contributed by atoms with Gasteiger partial charge in [0.1, 0.15) is 5.75 Å². The van der Waals surface area contributed by atoms with Crippen molar-refractivity contribution >= 4 is 0 Å². The molecule has 0 amide bonds. The van der Waals surface area contributed by atoms with Crippen molar-refractivity contribution in [3.05, 3.63) is 29.8 Å². The number of unbranched alkanes of at least 4 members (excludes halogenated alkanes) is 5. The molecule has 0 bridgehead atoms. The summed E-state index contributed by atoms with van der Waals surface area (Å²) < 4.78 is 5.84. The lowest BCUT2D eigenvalue weighted by atomic mass is 9.77. The van der Waals surface area contributed by atoms with Crippen LogP contribution >= 0.6 is 0 Å². The summed E-state index contributed by atoms with van der Waals surface area (Å²) in [7, 11) is 0.